The molecule has 2 fully saturated rings. The minimum atomic E-state index is -0.524. The Morgan fingerprint density at radius 1 is 1.04 bits per heavy atom. The van der Waals surface area contributed by atoms with Crippen molar-refractivity contribution in [2.45, 2.75) is 76.3 Å². The predicted molar refractivity (Wildman–Crippen MR) is 97.8 cm³/mol. The van der Waals surface area contributed by atoms with E-state index < -0.39 is 4.92 Å². The average Bonchev–Trinajstić information content (AvgIpc) is 2.69. The van der Waals surface area contributed by atoms with E-state index in [9.17, 15) is 20.3 Å². The molecule has 1 aromatic carbocycles. The zero-order valence-corrected chi connectivity index (χ0v) is 15.0. The molecule has 0 atom stereocenters. The molecule has 0 radical (unpaired) electrons. The highest BCUT2D eigenvalue weighted by Crippen LogP contribution is 2.34. The summed E-state index contributed by atoms with van der Waals surface area (Å²) >= 11 is 0. The molecule has 0 heterocycles. The lowest BCUT2D eigenvalue weighted by atomic mass is 9.88. The normalized spacial score (nSPS) is 18.9. The smallest absolute Gasteiger partial charge is 0.332 e. The molecule has 2 saturated carbocycles. The van der Waals surface area contributed by atoms with Gasteiger partial charge >= 0.3 is 5.69 Å². The molecule has 0 unspecified atom stereocenters. The largest absolute Gasteiger partial charge is 0.398 e. The summed E-state index contributed by atoms with van der Waals surface area (Å²) in [6.45, 7) is 0. The highest BCUT2D eigenvalue weighted by molar-refractivity contribution is 6.00. The molecule has 0 N–H and O–H groups in total. The van der Waals surface area contributed by atoms with Gasteiger partial charge in [0.2, 0.25) is 5.39 Å². The Labute approximate surface area is 153 Å². The summed E-state index contributed by atoms with van der Waals surface area (Å²) in [6.07, 6.45) is 10.7. The molecule has 0 aromatic heterocycles. The molecule has 3 rings (SSSR count). The van der Waals surface area contributed by atoms with E-state index in [0.29, 0.717) is 0 Å². The van der Waals surface area contributed by atoms with E-state index in [0.717, 1.165) is 51.4 Å². The van der Waals surface area contributed by atoms with Crippen molar-refractivity contribution in [1.29, 1.82) is 5.39 Å². The van der Waals surface area contributed by atoms with Crippen molar-refractivity contribution < 1.29 is 9.72 Å². The molecule has 26 heavy (non-hydrogen) atoms. The Kier molecular flexibility index (Phi) is 5.82. The fraction of sp³-hybridized carbons (Fsp3) is 0.632. The molecule has 138 valence electrons. The van der Waals surface area contributed by atoms with E-state index in [1.165, 1.54) is 31.0 Å². The minimum Gasteiger partial charge on any atom is -0.332 e. The van der Waals surface area contributed by atoms with Crippen molar-refractivity contribution in [2.24, 2.45) is 0 Å². The molecule has 7 heteroatoms. The summed E-state index contributed by atoms with van der Waals surface area (Å²) in [7, 11) is 0. The van der Waals surface area contributed by atoms with E-state index >= 15 is 0 Å². The third-order valence-corrected chi connectivity index (χ3v) is 5.70. The number of non-ortho nitro benzene ring substituents is 1. The monoisotopic (exact) mass is 357 g/mol. The van der Waals surface area contributed by atoms with Crippen LogP contribution >= 0.6 is 0 Å². The molecule has 2 aliphatic rings. The van der Waals surface area contributed by atoms with Crippen LogP contribution in [0.3, 0.4) is 0 Å². The second-order valence-corrected chi connectivity index (χ2v) is 7.35. The van der Waals surface area contributed by atoms with Crippen LogP contribution < -0.4 is 0 Å². The molecule has 2 aliphatic carbocycles. The maximum atomic E-state index is 13.4. The molecule has 1 aromatic rings. The SMILES string of the molecule is N#[N+]c1ccc([N+](=O)[O-])cc1C(=O)N(C1CCCCC1)C1CCCCC1. The molecule has 0 saturated heterocycles. The van der Waals surface area contributed by atoms with Crippen LogP contribution in [-0.2, 0) is 0 Å². The van der Waals surface area contributed by atoms with E-state index in [1.807, 2.05) is 4.90 Å². The van der Waals surface area contributed by atoms with Crippen LogP contribution in [0.4, 0.5) is 11.4 Å². The summed E-state index contributed by atoms with van der Waals surface area (Å²) in [4.78, 5) is 29.2. The van der Waals surface area contributed by atoms with Crippen molar-refractivity contribution in [2.75, 3.05) is 0 Å². The molecule has 0 spiro atoms. The summed E-state index contributed by atoms with van der Waals surface area (Å²) in [5.74, 6) is -0.236. The lowest BCUT2D eigenvalue weighted by Crippen LogP contribution is -2.48. The number of amides is 1. The van der Waals surface area contributed by atoms with Gasteiger partial charge < -0.3 is 4.90 Å². The van der Waals surface area contributed by atoms with E-state index in [2.05, 4.69) is 4.98 Å². The van der Waals surface area contributed by atoms with Crippen LogP contribution in [0.1, 0.15) is 74.6 Å². The lowest BCUT2D eigenvalue weighted by Gasteiger charge is -2.41. The second kappa shape index (κ2) is 8.26. The zero-order chi connectivity index (χ0) is 18.5. The van der Waals surface area contributed by atoms with Gasteiger partial charge in [0, 0.05) is 30.3 Å². The minimum absolute atomic E-state index is 0.0946. The van der Waals surface area contributed by atoms with Gasteiger partial charge in [0.05, 0.1) is 4.92 Å². The standard InChI is InChI=1S/C19H25N4O3/c20-21-18-12-11-16(23(25)26)13-17(18)19(24)22(14-7-3-1-4-8-14)15-9-5-2-6-10-15/h11-15H,1-10H2/q+1. The molecular formula is C19H25N4O3+. The van der Waals surface area contributed by atoms with Gasteiger partial charge in [-0.15, -0.1) is 0 Å². The third-order valence-electron chi connectivity index (χ3n) is 5.70. The maximum Gasteiger partial charge on any atom is 0.398 e. The van der Waals surface area contributed by atoms with Crippen LogP contribution in [0.25, 0.3) is 4.98 Å². The number of carbonyl (C=O) groups is 1. The highest BCUT2D eigenvalue weighted by Gasteiger charge is 2.36. The average molecular weight is 357 g/mol. The van der Waals surface area contributed by atoms with Gasteiger partial charge in [-0.25, -0.2) is 0 Å². The first kappa shape index (κ1) is 18.3. The first-order valence-corrected chi connectivity index (χ1v) is 9.58. The van der Waals surface area contributed by atoms with Crippen molar-refractivity contribution >= 4 is 17.3 Å². The van der Waals surface area contributed by atoms with Crippen molar-refractivity contribution in [1.82, 2.24) is 4.90 Å². The number of carbonyl (C=O) groups excluding carboxylic acids is 1. The Balaban J connectivity index is 1.97. The van der Waals surface area contributed by atoms with Crippen molar-refractivity contribution in [3.63, 3.8) is 0 Å². The molecule has 0 bridgehead atoms. The predicted octanol–water partition coefficient (Wildman–Crippen LogP) is 5.19. The van der Waals surface area contributed by atoms with E-state index in [4.69, 9.17) is 0 Å². The van der Waals surface area contributed by atoms with Gasteiger partial charge in [-0.1, -0.05) is 38.5 Å². The Morgan fingerprint density at radius 2 is 1.58 bits per heavy atom. The van der Waals surface area contributed by atoms with Crippen LogP contribution in [0.2, 0.25) is 0 Å². The number of nitrogens with zero attached hydrogens (tertiary/aromatic N) is 4. The first-order chi connectivity index (χ1) is 12.6. The van der Waals surface area contributed by atoms with Crippen LogP contribution in [0.15, 0.2) is 18.2 Å². The summed E-state index contributed by atoms with van der Waals surface area (Å²) < 4.78 is 0. The van der Waals surface area contributed by atoms with Crippen molar-refractivity contribution in [3.05, 3.63) is 38.9 Å². The summed E-state index contributed by atoms with van der Waals surface area (Å²) in [5.41, 5.74) is 0.0584. The number of nitro benzene ring substituents is 1. The van der Waals surface area contributed by atoms with Crippen LogP contribution in [-0.4, -0.2) is 27.8 Å². The van der Waals surface area contributed by atoms with Gasteiger partial charge in [-0.05, 0) is 25.7 Å². The fourth-order valence-corrected chi connectivity index (χ4v) is 4.38. The van der Waals surface area contributed by atoms with Gasteiger partial charge in [0.1, 0.15) is 5.56 Å². The molecule has 0 aliphatic heterocycles. The number of benzene rings is 1. The maximum absolute atomic E-state index is 13.4. The van der Waals surface area contributed by atoms with Crippen molar-refractivity contribution in [3.8, 4) is 0 Å². The van der Waals surface area contributed by atoms with Crippen LogP contribution in [0, 0.1) is 15.5 Å². The summed E-state index contributed by atoms with van der Waals surface area (Å²) in [5, 5.41) is 20.4. The molecule has 7 nitrogen and oxygen atoms in total. The van der Waals surface area contributed by atoms with Gasteiger partial charge in [0.25, 0.3) is 11.6 Å². The van der Waals surface area contributed by atoms with Gasteiger partial charge in [0.15, 0.2) is 4.98 Å². The number of hydrogen-bond acceptors (Lipinski definition) is 4. The number of nitro groups is 1. The Hall–Kier alpha value is -2.49. The van der Waals surface area contributed by atoms with Gasteiger partial charge in [-0.2, -0.15) is 0 Å². The van der Waals surface area contributed by atoms with E-state index in [-0.39, 0.29) is 34.9 Å². The van der Waals surface area contributed by atoms with Crippen LogP contribution in [0.5, 0.6) is 0 Å². The lowest BCUT2D eigenvalue weighted by molar-refractivity contribution is -0.384. The summed E-state index contributed by atoms with van der Waals surface area (Å²) in [6, 6.07) is 4.19. The second-order valence-electron chi connectivity index (χ2n) is 7.35. The van der Waals surface area contributed by atoms with Gasteiger partial charge in [-0.3, -0.25) is 14.9 Å². The zero-order valence-electron chi connectivity index (χ0n) is 15.0. The first-order valence-electron chi connectivity index (χ1n) is 9.58. The third kappa shape index (κ3) is 3.85. The fourth-order valence-electron chi connectivity index (χ4n) is 4.38. The molecule has 1 amide bonds. The number of hydrogen-bond donors (Lipinski definition) is 0. The Bertz CT molecular complexity index is 698. The topological polar surface area (TPSA) is 91.6 Å². The number of rotatable bonds is 4. The number of diazo groups is 1. The molecular weight excluding hydrogens is 332 g/mol. The highest BCUT2D eigenvalue weighted by atomic mass is 16.6. The quantitative estimate of drug-likeness (QED) is 0.421. The Morgan fingerprint density at radius 3 is 2.04 bits per heavy atom. The van der Waals surface area contributed by atoms with E-state index in [1.54, 1.807) is 0 Å².